The van der Waals surface area contributed by atoms with Crippen molar-refractivity contribution in [1.82, 2.24) is 0 Å². The molecule has 0 aromatic carbocycles. The molecule has 0 spiro atoms. The van der Waals surface area contributed by atoms with E-state index in [-0.39, 0.29) is 11.2 Å². The summed E-state index contributed by atoms with van der Waals surface area (Å²) >= 11 is 0. The summed E-state index contributed by atoms with van der Waals surface area (Å²) in [6, 6.07) is 0. The quantitative estimate of drug-likeness (QED) is 0.586. The molecule has 0 aromatic rings. The maximum absolute atomic E-state index is 11.0. The van der Waals surface area contributed by atoms with Gasteiger partial charge in [-0.05, 0) is 31.3 Å². The van der Waals surface area contributed by atoms with Crippen molar-refractivity contribution < 1.29 is 4.79 Å². The van der Waals surface area contributed by atoms with Crippen LogP contribution < -0.4 is 0 Å². The van der Waals surface area contributed by atoms with Crippen LogP contribution in [0.1, 0.15) is 33.1 Å². The largest absolute Gasteiger partial charge is 0.295 e. The Morgan fingerprint density at radius 2 is 2.42 bits per heavy atom. The van der Waals surface area contributed by atoms with Crippen LogP contribution in [0.15, 0.2) is 24.3 Å². The number of rotatable bonds is 3. The summed E-state index contributed by atoms with van der Waals surface area (Å²) in [5.41, 5.74) is 1.31. The smallest absolute Gasteiger partial charge is 0.156 e. The fourth-order valence-electron chi connectivity index (χ4n) is 1.48. The van der Waals surface area contributed by atoms with Gasteiger partial charge in [0.1, 0.15) is 0 Å². The molecule has 1 aliphatic carbocycles. The molecule has 0 saturated heterocycles. The first-order valence-corrected chi connectivity index (χ1v) is 4.38. The zero-order valence-corrected chi connectivity index (χ0v) is 7.89. The SMILES string of the molecule is C=C(C)CC[C@@]1(C)C=CC(=O)C1. The normalized spacial score (nSPS) is 28.0. The van der Waals surface area contributed by atoms with Crippen LogP contribution in [0.3, 0.4) is 0 Å². The van der Waals surface area contributed by atoms with E-state index >= 15 is 0 Å². The maximum atomic E-state index is 11.0. The lowest BCUT2D eigenvalue weighted by molar-refractivity contribution is -0.115. The lowest BCUT2D eigenvalue weighted by Crippen LogP contribution is -2.11. The molecule has 0 saturated carbocycles. The van der Waals surface area contributed by atoms with Crippen LogP contribution >= 0.6 is 0 Å². The molecule has 0 fully saturated rings. The van der Waals surface area contributed by atoms with E-state index in [0.29, 0.717) is 6.42 Å². The molecule has 0 aliphatic heterocycles. The van der Waals surface area contributed by atoms with Gasteiger partial charge in [0, 0.05) is 6.42 Å². The van der Waals surface area contributed by atoms with E-state index in [2.05, 4.69) is 13.5 Å². The highest BCUT2D eigenvalue weighted by molar-refractivity contribution is 5.92. The molecule has 0 N–H and O–H groups in total. The van der Waals surface area contributed by atoms with Gasteiger partial charge in [0.15, 0.2) is 5.78 Å². The van der Waals surface area contributed by atoms with Gasteiger partial charge in [-0.15, -0.1) is 6.58 Å². The monoisotopic (exact) mass is 164 g/mol. The molecule has 0 heterocycles. The van der Waals surface area contributed by atoms with E-state index in [1.54, 1.807) is 6.08 Å². The summed E-state index contributed by atoms with van der Waals surface area (Å²) in [6.07, 6.45) is 6.50. The van der Waals surface area contributed by atoms with Crippen molar-refractivity contribution in [3.05, 3.63) is 24.3 Å². The Labute approximate surface area is 74.2 Å². The summed E-state index contributed by atoms with van der Waals surface area (Å²) < 4.78 is 0. The predicted octanol–water partition coefficient (Wildman–Crippen LogP) is 2.88. The minimum absolute atomic E-state index is 0.107. The topological polar surface area (TPSA) is 17.1 Å². The molecule has 12 heavy (non-hydrogen) atoms. The molecule has 1 rings (SSSR count). The van der Waals surface area contributed by atoms with Gasteiger partial charge < -0.3 is 0 Å². The second kappa shape index (κ2) is 3.26. The van der Waals surface area contributed by atoms with E-state index in [4.69, 9.17) is 0 Å². The van der Waals surface area contributed by atoms with Crippen LogP contribution in [0.5, 0.6) is 0 Å². The Morgan fingerprint density at radius 3 is 2.83 bits per heavy atom. The average molecular weight is 164 g/mol. The van der Waals surface area contributed by atoms with Crippen LogP contribution in [-0.2, 0) is 4.79 Å². The third-order valence-corrected chi connectivity index (χ3v) is 2.37. The zero-order valence-electron chi connectivity index (χ0n) is 7.89. The van der Waals surface area contributed by atoms with Crippen molar-refractivity contribution in [3.63, 3.8) is 0 Å². The minimum atomic E-state index is 0.107. The highest BCUT2D eigenvalue weighted by Gasteiger charge is 2.27. The van der Waals surface area contributed by atoms with Crippen LogP contribution in [-0.4, -0.2) is 5.78 Å². The first-order valence-electron chi connectivity index (χ1n) is 4.38. The molecule has 1 nitrogen and oxygen atoms in total. The lowest BCUT2D eigenvalue weighted by Gasteiger charge is -2.20. The molecular formula is C11H16O. The van der Waals surface area contributed by atoms with Gasteiger partial charge >= 0.3 is 0 Å². The third kappa shape index (κ3) is 2.33. The average Bonchev–Trinajstić information content (AvgIpc) is 2.29. The molecule has 0 amide bonds. The van der Waals surface area contributed by atoms with Gasteiger partial charge in [-0.1, -0.05) is 18.6 Å². The Bertz CT molecular complexity index is 237. The standard InChI is InChI=1S/C11H16O/c1-9(2)4-6-11(3)7-5-10(12)8-11/h5,7H,1,4,6,8H2,2-3H3/t11-/m0/s1. The summed E-state index contributed by atoms with van der Waals surface area (Å²) in [5, 5.41) is 0. The van der Waals surface area contributed by atoms with Crippen molar-refractivity contribution in [2.75, 3.05) is 0 Å². The van der Waals surface area contributed by atoms with E-state index in [9.17, 15) is 4.79 Å². The summed E-state index contributed by atoms with van der Waals surface area (Å²) in [6.45, 7) is 8.03. The van der Waals surface area contributed by atoms with Crippen molar-refractivity contribution in [3.8, 4) is 0 Å². The Morgan fingerprint density at radius 1 is 1.75 bits per heavy atom. The molecule has 0 aromatic heterocycles. The van der Waals surface area contributed by atoms with E-state index in [1.165, 1.54) is 5.57 Å². The van der Waals surface area contributed by atoms with E-state index < -0.39 is 0 Å². The van der Waals surface area contributed by atoms with Gasteiger partial charge in [0.25, 0.3) is 0 Å². The Hall–Kier alpha value is -0.850. The minimum Gasteiger partial charge on any atom is -0.295 e. The van der Waals surface area contributed by atoms with Crippen LogP contribution in [0.2, 0.25) is 0 Å². The number of ketones is 1. The number of carbonyl (C=O) groups excluding carboxylic acids is 1. The van der Waals surface area contributed by atoms with Gasteiger partial charge in [-0.25, -0.2) is 0 Å². The Kier molecular flexibility index (Phi) is 2.51. The number of hydrogen-bond donors (Lipinski definition) is 0. The summed E-state index contributed by atoms with van der Waals surface area (Å²) in [5.74, 6) is 0.263. The number of carbonyl (C=O) groups is 1. The molecule has 1 aliphatic rings. The summed E-state index contributed by atoms with van der Waals surface area (Å²) in [7, 11) is 0. The van der Waals surface area contributed by atoms with E-state index in [0.717, 1.165) is 12.8 Å². The highest BCUT2D eigenvalue weighted by atomic mass is 16.1. The predicted molar refractivity (Wildman–Crippen MR) is 50.9 cm³/mol. The zero-order chi connectivity index (χ0) is 9.19. The van der Waals surface area contributed by atoms with Gasteiger partial charge in [-0.3, -0.25) is 4.79 Å². The second-order valence-electron chi connectivity index (χ2n) is 4.09. The molecule has 66 valence electrons. The van der Waals surface area contributed by atoms with Crippen LogP contribution in [0, 0.1) is 5.41 Å². The lowest BCUT2D eigenvalue weighted by atomic mass is 9.84. The first kappa shape index (κ1) is 9.24. The molecule has 0 unspecified atom stereocenters. The molecular weight excluding hydrogens is 148 g/mol. The number of hydrogen-bond acceptors (Lipinski definition) is 1. The fraction of sp³-hybridized carbons (Fsp3) is 0.545. The summed E-state index contributed by atoms with van der Waals surface area (Å²) in [4.78, 5) is 11.0. The van der Waals surface area contributed by atoms with Gasteiger partial charge in [-0.2, -0.15) is 0 Å². The number of allylic oxidation sites excluding steroid dienone is 3. The van der Waals surface area contributed by atoms with Crippen molar-refractivity contribution in [1.29, 1.82) is 0 Å². The van der Waals surface area contributed by atoms with Crippen molar-refractivity contribution in [2.24, 2.45) is 5.41 Å². The van der Waals surface area contributed by atoms with E-state index in [1.807, 2.05) is 13.0 Å². The second-order valence-corrected chi connectivity index (χ2v) is 4.09. The van der Waals surface area contributed by atoms with Crippen LogP contribution in [0.25, 0.3) is 0 Å². The van der Waals surface area contributed by atoms with Gasteiger partial charge in [0.05, 0.1) is 0 Å². The molecule has 1 heteroatoms. The van der Waals surface area contributed by atoms with Gasteiger partial charge in [0.2, 0.25) is 0 Å². The molecule has 0 radical (unpaired) electrons. The van der Waals surface area contributed by atoms with Crippen LogP contribution in [0.4, 0.5) is 0 Å². The van der Waals surface area contributed by atoms with Crippen molar-refractivity contribution in [2.45, 2.75) is 33.1 Å². The third-order valence-electron chi connectivity index (χ3n) is 2.37. The fourth-order valence-corrected chi connectivity index (χ4v) is 1.48. The first-order chi connectivity index (χ1) is 5.52. The highest BCUT2D eigenvalue weighted by Crippen LogP contribution is 2.34. The molecule has 0 bridgehead atoms. The molecule has 1 atom stereocenters. The Balaban J connectivity index is 2.46. The maximum Gasteiger partial charge on any atom is 0.156 e. The van der Waals surface area contributed by atoms with Crippen molar-refractivity contribution >= 4 is 5.78 Å².